The highest BCUT2D eigenvalue weighted by atomic mass is 35.5. The second-order valence-corrected chi connectivity index (χ2v) is 3.61. The maximum absolute atomic E-state index is 11.3. The van der Waals surface area contributed by atoms with Gasteiger partial charge in [0, 0.05) is 10.7 Å². The predicted molar refractivity (Wildman–Crippen MR) is 60.7 cm³/mol. The standard InChI is InChI=1S/C10H11ClN2O3/c1-6(9(14)15)12-10(16)13-8-4-2-3-7(11)5-8/h2-6H,1H3,(H,14,15)(H2,12,13,16)/t6-/m1/s1. The van der Waals surface area contributed by atoms with Gasteiger partial charge < -0.3 is 15.7 Å². The fraction of sp³-hybridized carbons (Fsp3) is 0.200. The summed E-state index contributed by atoms with van der Waals surface area (Å²) >= 11 is 5.72. The number of carboxylic acids is 1. The van der Waals surface area contributed by atoms with E-state index in [-0.39, 0.29) is 0 Å². The third-order valence-corrected chi connectivity index (χ3v) is 2.04. The zero-order chi connectivity index (χ0) is 12.1. The molecule has 0 aliphatic heterocycles. The Kier molecular flexibility index (Phi) is 4.13. The molecule has 0 spiro atoms. The van der Waals surface area contributed by atoms with Gasteiger partial charge in [0.2, 0.25) is 0 Å². The van der Waals surface area contributed by atoms with Crippen molar-refractivity contribution < 1.29 is 14.7 Å². The Balaban J connectivity index is 2.55. The molecular formula is C10H11ClN2O3. The van der Waals surface area contributed by atoms with Gasteiger partial charge >= 0.3 is 12.0 Å². The van der Waals surface area contributed by atoms with Crippen molar-refractivity contribution in [3.05, 3.63) is 29.3 Å². The van der Waals surface area contributed by atoms with Gasteiger partial charge in [0.1, 0.15) is 6.04 Å². The SMILES string of the molecule is C[C@@H](NC(=O)Nc1cccc(Cl)c1)C(=O)O. The number of amides is 2. The third-order valence-electron chi connectivity index (χ3n) is 1.80. The van der Waals surface area contributed by atoms with Gasteiger partial charge in [0.15, 0.2) is 0 Å². The minimum Gasteiger partial charge on any atom is -0.480 e. The highest BCUT2D eigenvalue weighted by molar-refractivity contribution is 6.30. The van der Waals surface area contributed by atoms with E-state index in [9.17, 15) is 9.59 Å². The van der Waals surface area contributed by atoms with Crippen LogP contribution in [0.1, 0.15) is 6.92 Å². The molecule has 1 atom stereocenters. The summed E-state index contributed by atoms with van der Waals surface area (Å²) in [4.78, 5) is 21.8. The van der Waals surface area contributed by atoms with E-state index in [1.54, 1.807) is 24.3 Å². The molecule has 0 unspecified atom stereocenters. The Morgan fingerprint density at radius 1 is 1.44 bits per heavy atom. The number of benzene rings is 1. The lowest BCUT2D eigenvalue weighted by atomic mass is 10.3. The third kappa shape index (κ3) is 3.78. The Bertz CT molecular complexity index is 409. The van der Waals surface area contributed by atoms with Crippen LogP contribution < -0.4 is 10.6 Å². The predicted octanol–water partition coefficient (Wildman–Crippen LogP) is 1.93. The van der Waals surface area contributed by atoms with Crippen LogP contribution in [0, 0.1) is 0 Å². The summed E-state index contributed by atoms with van der Waals surface area (Å²) < 4.78 is 0. The number of hydrogen-bond donors (Lipinski definition) is 3. The summed E-state index contributed by atoms with van der Waals surface area (Å²) in [7, 11) is 0. The molecule has 6 heteroatoms. The molecular weight excluding hydrogens is 232 g/mol. The van der Waals surface area contributed by atoms with Crippen LogP contribution in [0.5, 0.6) is 0 Å². The zero-order valence-corrected chi connectivity index (χ0v) is 9.28. The Labute approximate surface area is 97.4 Å². The first-order valence-electron chi connectivity index (χ1n) is 4.55. The van der Waals surface area contributed by atoms with E-state index in [0.29, 0.717) is 10.7 Å². The molecule has 0 fully saturated rings. The minimum atomic E-state index is -1.10. The van der Waals surface area contributed by atoms with Gasteiger partial charge in [-0.2, -0.15) is 0 Å². The van der Waals surface area contributed by atoms with E-state index in [2.05, 4.69) is 10.6 Å². The molecule has 0 aromatic heterocycles. The number of carboxylic acid groups (broad SMARTS) is 1. The molecule has 0 saturated carbocycles. The number of nitrogens with one attached hydrogen (secondary N) is 2. The fourth-order valence-electron chi connectivity index (χ4n) is 0.992. The number of carbonyl (C=O) groups excluding carboxylic acids is 1. The lowest BCUT2D eigenvalue weighted by Gasteiger charge is -2.10. The van der Waals surface area contributed by atoms with Crippen molar-refractivity contribution in [3.63, 3.8) is 0 Å². The van der Waals surface area contributed by atoms with Gasteiger partial charge in [-0.1, -0.05) is 17.7 Å². The lowest BCUT2D eigenvalue weighted by molar-refractivity contribution is -0.138. The van der Waals surface area contributed by atoms with Crippen molar-refractivity contribution in [1.82, 2.24) is 5.32 Å². The van der Waals surface area contributed by atoms with E-state index in [1.165, 1.54) is 6.92 Å². The monoisotopic (exact) mass is 242 g/mol. The van der Waals surface area contributed by atoms with Crippen molar-refractivity contribution >= 4 is 29.3 Å². The second kappa shape index (κ2) is 5.37. The van der Waals surface area contributed by atoms with Crippen molar-refractivity contribution in [3.8, 4) is 0 Å². The quantitative estimate of drug-likeness (QED) is 0.758. The molecule has 0 heterocycles. The highest BCUT2D eigenvalue weighted by Gasteiger charge is 2.13. The van der Waals surface area contributed by atoms with Crippen LogP contribution in [0.4, 0.5) is 10.5 Å². The molecule has 0 radical (unpaired) electrons. The largest absolute Gasteiger partial charge is 0.480 e. The number of aliphatic carboxylic acids is 1. The van der Waals surface area contributed by atoms with Crippen molar-refractivity contribution in [1.29, 1.82) is 0 Å². The summed E-state index contributed by atoms with van der Waals surface area (Å²) in [6.07, 6.45) is 0. The van der Waals surface area contributed by atoms with Gasteiger partial charge in [-0.3, -0.25) is 4.79 Å². The summed E-state index contributed by atoms with van der Waals surface area (Å²) in [5.41, 5.74) is 0.502. The first kappa shape index (κ1) is 12.3. The maximum atomic E-state index is 11.3. The second-order valence-electron chi connectivity index (χ2n) is 3.17. The van der Waals surface area contributed by atoms with Gasteiger partial charge in [-0.25, -0.2) is 4.79 Å². The van der Waals surface area contributed by atoms with Gasteiger partial charge in [0.25, 0.3) is 0 Å². The van der Waals surface area contributed by atoms with Crippen LogP contribution in [0.25, 0.3) is 0 Å². The average Bonchev–Trinajstić information content (AvgIpc) is 2.16. The minimum absolute atomic E-state index is 0.490. The van der Waals surface area contributed by atoms with E-state index in [0.717, 1.165) is 0 Å². The van der Waals surface area contributed by atoms with E-state index in [4.69, 9.17) is 16.7 Å². The summed E-state index contributed by atoms with van der Waals surface area (Å²) in [6, 6.07) is 5.03. The van der Waals surface area contributed by atoms with Gasteiger partial charge in [0.05, 0.1) is 0 Å². The zero-order valence-electron chi connectivity index (χ0n) is 8.53. The van der Waals surface area contributed by atoms with Crippen molar-refractivity contribution in [2.45, 2.75) is 13.0 Å². The molecule has 5 nitrogen and oxygen atoms in total. The van der Waals surface area contributed by atoms with E-state index >= 15 is 0 Å². The van der Waals surface area contributed by atoms with E-state index < -0.39 is 18.0 Å². The van der Waals surface area contributed by atoms with Crippen LogP contribution in [-0.2, 0) is 4.79 Å². The smallest absolute Gasteiger partial charge is 0.325 e. The summed E-state index contributed by atoms with van der Waals surface area (Å²) in [5.74, 6) is -1.10. The molecule has 1 rings (SSSR count). The van der Waals surface area contributed by atoms with Gasteiger partial charge in [-0.05, 0) is 25.1 Å². The first-order chi connectivity index (χ1) is 7.49. The topological polar surface area (TPSA) is 78.4 Å². The molecule has 1 aromatic rings. The molecule has 0 aliphatic rings. The first-order valence-corrected chi connectivity index (χ1v) is 4.92. The summed E-state index contributed by atoms with van der Waals surface area (Å²) in [6.45, 7) is 1.37. The molecule has 2 amide bonds. The molecule has 16 heavy (non-hydrogen) atoms. The van der Waals surface area contributed by atoms with Crippen LogP contribution in [0.15, 0.2) is 24.3 Å². The number of anilines is 1. The molecule has 0 saturated heterocycles. The maximum Gasteiger partial charge on any atom is 0.325 e. The molecule has 0 bridgehead atoms. The fourth-order valence-corrected chi connectivity index (χ4v) is 1.18. The van der Waals surface area contributed by atoms with Crippen LogP contribution in [-0.4, -0.2) is 23.1 Å². The van der Waals surface area contributed by atoms with Gasteiger partial charge in [-0.15, -0.1) is 0 Å². The molecule has 0 aliphatic carbocycles. The van der Waals surface area contributed by atoms with E-state index in [1.807, 2.05) is 0 Å². The lowest BCUT2D eigenvalue weighted by Crippen LogP contribution is -2.40. The highest BCUT2D eigenvalue weighted by Crippen LogP contribution is 2.14. The Hall–Kier alpha value is -1.75. The molecule has 3 N–H and O–H groups in total. The molecule has 1 aromatic carbocycles. The number of rotatable bonds is 3. The molecule has 86 valence electrons. The summed E-state index contributed by atoms with van der Waals surface area (Å²) in [5, 5.41) is 13.8. The van der Waals surface area contributed by atoms with Crippen LogP contribution in [0.2, 0.25) is 5.02 Å². The van der Waals surface area contributed by atoms with Crippen LogP contribution >= 0.6 is 11.6 Å². The number of halogens is 1. The average molecular weight is 243 g/mol. The normalized spacial score (nSPS) is 11.6. The number of carbonyl (C=O) groups is 2. The van der Waals surface area contributed by atoms with Crippen LogP contribution in [0.3, 0.4) is 0 Å². The van der Waals surface area contributed by atoms with Crippen molar-refractivity contribution in [2.24, 2.45) is 0 Å². The number of urea groups is 1. The Morgan fingerprint density at radius 2 is 2.12 bits per heavy atom. The number of hydrogen-bond acceptors (Lipinski definition) is 2. The Morgan fingerprint density at radius 3 is 2.69 bits per heavy atom. The van der Waals surface area contributed by atoms with Crippen molar-refractivity contribution in [2.75, 3.05) is 5.32 Å².